The lowest BCUT2D eigenvalue weighted by atomic mass is 10.0. The second-order valence-electron chi connectivity index (χ2n) is 11.4. The molecule has 3 heterocycles. The minimum absolute atomic E-state index is 0.268. The molecule has 0 bridgehead atoms. The van der Waals surface area contributed by atoms with E-state index in [1.165, 1.54) is 3.97 Å². The zero-order valence-electron chi connectivity index (χ0n) is 24.3. The Bertz CT molecular complexity index is 2720. The summed E-state index contributed by atoms with van der Waals surface area (Å²) in [5.41, 5.74) is 9.50. The average Bonchev–Trinajstić information content (AvgIpc) is 3.72. The zero-order valence-corrected chi connectivity index (χ0v) is 25.1. The van der Waals surface area contributed by atoms with E-state index in [-0.39, 0.29) is 4.90 Å². The summed E-state index contributed by atoms with van der Waals surface area (Å²) < 4.78 is 33.9. The lowest BCUT2D eigenvalue weighted by Crippen LogP contribution is -2.12. The summed E-state index contributed by atoms with van der Waals surface area (Å²) >= 11 is 0. The molecule has 6 aromatic carbocycles. The second kappa shape index (κ2) is 9.42. The van der Waals surface area contributed by atoms with Gasteiger partial charge in [-0.05, 0) is 84.8 Å². The lowest BCUT2D eigenvalue weighted by Gasteiger charge is -2.10. The van der Waals surface area contributed by atoms with Crippen LogP contribution in [0.1, 0.15) is 5.56 Å². The van der Waals surface area contributed by atoms with Crippen molar-refractivity contribution >= 4 is 59.7 Å². The van der Waals surface area contributed by atoms with E-state index in [0.29, 0.717) is 11.0 Å². The molecule has 45 heavy (non-hydrogen) atoms. The van der Waals surface area contributed by atoms with Crippen molar-refractivity contribution in [2.45, 2.75) is 11.8 Å². The summed E-state index contributed by atoms with van der Waals surface area (Å²) in [7, 11) is -3.83. The zero-order chi connectivity index (χ0) is 30.3. The highest BCUT2D eigenvalue weighted by atomic mass is 32.2. The maximum atomic E-state index is 14.0. The summed E-state index contributed by atoms with van der Waals surface area (Å²) in [5.74, 6) is 0.856. The highest BCUT2D eigenvalue weighted by Gasteiger charge is 2.24. The largest absolute Gasteiger partial charge is 0.278 e. The van der Waals surface area contributed by atoms with Gasteiger partial charge in [0, 0.05) is 16.5 Å². The van der Waals surface area contributed by atoms with Crippen molar-refractivity contribution in [3.8, 4) is 16.8 Å². The van der Waals surface area contributed by atoms with Gasteiger partial charge in [0.05, 0.1) is 38.0 Å². The van der Waals surface area contributed by atoms with E-state index in [1.807, 2.05) is 73.7 Å². The summed E-state index contributed by atoms with van der Waals surface area (Å²) in [4.78, 5) is 5.34. The van der Waals surface area contributed by atoms with E-state index < -0.39 is 10.0 Å². The number of fused-ring (bicyclic) bond motifs is 8. The molecule has 0 aliphatic heterocycles. The Labute approximate surface area is 259 Å². The van der Waals surface area contributed by atoms with Crippen molar-refractivity contribution in [3.05, 3.63) is 145 Å². The highest BCUT2D eigenvalue weighted by molar-refractivity contribution is 7.90. The molecule has 9 rings (SSSR count). The number of aryl methyl sites for hydroxylation is 1. The van der Waals surface area contributed by atoms with Crippen LogP contribution in [0.4, 0.5) is 0 Å². The number of hydrogen-bond donors (Lipinski definition) is 0. The Morgan fingerprint density at radius 3 is 2.00 bits per heavy atom. The van der Waals surface area contributed by atoms with Crippen LogP contribution in [0.25, 0.3) is 66.5 Å². The quantitative estimate of drug-likeness (QED) is 0.202. The van der Waals surface area contributed by atoms with Gasteiger partial charge in [0.15, 0.2) is 0 Å². The second-order valence-corrected chi connectivity index (χ2v) is 13.2. The maximum Gasteiger partial charge on any atom is 0.268 e. The first-order valence-electron chi connectivity index (χ1n) is 14.8. The van der Waals surface area contributed by atoms with Crippen molar-refractivity contribution in [2.75, 3.05) is 0 Å². The Morgan fingerprint density at radius 1 is 0.556 bits per heavy atom. The van der Waals surface area contributed by atoms with Crippen LogP contribution < -0.4 is 0 Å². The molecule has 216 valence electrons. The molecule has 0 radical (unpaired) electrons. The number of nitrogens with zero attached hydrogens (tertiary/aromatic N) is 4. The summed E-state index contributed by atoms with van der Waals surface area (Å²) in [6.45, 7) is 1.95. The van der Waals surface area contributed by atoms with E-state index in [9.17, 15) is 8.42 Å². The van der Waals surface area contributed by atoms with Gasteiger partial charge in [-0.15, -0.1) is 0 Å². The summed E-state index contributed by atoms with van der Waals surface area (Å²) in [6, 6.07) is 45.8. The van der Waals surface area contributed by atoms with Gasteiger partial charge in [-0.3, -0.25) is 8.97 Å². The molecule has 0 saturated carbocycles. The molecule has 3 aromatic heterocycles. The lowest BCUT2D eigenvalue weighted by molar-refractivity contribution is 0.590. The number of para-hydroxylation sites is 4. The van der Waals surface area contributed by atoms with Gasteiger partial charge >= 0.3 is 0 Å². The van der Waals surface area contributed by atoms with Crippen molar-refractivity contribution in [1.82, 2.24) is 17.9 Å². The van der Waals surface area contributed by atoms with Gasteiger partial charge in [0.1, 0.15) is 0 Å². The molecular weight excluding hydrogens is 577 g/mol. The Hall–Kier alpha value is -5.66. The number of benzene rings is 6. The molecule has 0 aliphatic carbocycles. The monoisotopic (exact) mass is 602 g/mol. The van der Waals surface area contributed by atoms with Crippen LogP contribution in [0.5, 0.6) is 0 Å². The van der Waals surface area contributed by atoms with E-state index >= 15 is 0 Å². The molecule has 0 spiro atoms. The number of aromatic nitrogens is 4. The first-order valence-corrected chi connectivity index (χ1v) is 16.3. The predicted octanol–water partition coefficient (Wildman–Crippen LogP) is 8.75. The average molecular weight is 603 g/mol. The minimum Gasteiger partial charge on any atom is -0.278 e. The van der Waals surface area contributed by atoms with Gasteiger partial charge < -0.3 is 0 Å². The third-order valence-corrected chi connectivity index (χ3v) is 10.5. The van der Waals surface area contributed by atoms with Gasteiger partial charge in [-0.2, -0.15) is 0 Å². The van der Waals surface area contributed by atoms with Crippen molar-refractivity contribution in [1.29, 1.82) is 0 Å². The molecule has 0 N–H and O–H groups in total. The van der Waals surface area contributed by atoms with Gasteiger partial charge in [-0.1, -0.05) is 78.4 Å². The fourth-order valence-corrected chi connectivity index (χ4v) is 8.13. The molecule has 9 aromatic rings. The third kappa shape index (κ3) is 3.74. The summed E-state index contributed by atoms with van der Waals surface area (Å²) in [6.07, 6.45) is 0. The Kier molecular flexibility index (Phi) is 5.40. The first kappa shape index (κ1) is 25.8. The van der Waals surface area contributed by atoms with Crippen LogP contribution in [-0.4, -0.2) is 26.3 Å². The molecule has 7 heteroatoms. The number of rotatable bonds is 4. The van der Waals surface area contributed by atoms with Crippen molar-refractivity contribution < 1.29 is 8.42 Å². The fraction of sp³-hybridized carbons (Fsp3) is 0.0263. The first-order chi connectivity index (χ1) is 22.0. The van der Waals surface area contributed by atoms with Gasteiger partial charge in [0.2, 0.25) is 5.78 Å². The molecule has 0 unspecified atom stereocenters. The van der Waals surface area contributed by atoms with Crippen LogP contribution in [0.3, 0.4) is 0 Å². The fourth-order valence-electron chi connectivity index (χ4n) is 6.60. The van der Waals surface area contributed by atoms with E-state index in [4.69, 9.17) is 4.98 Å². The van der Waals surface area contributed by atoms with Crippen molar-refractivity contribution in [3.63, 3.8) is 0 Å². The third-order valence-electron chi connectivity index (χ3n) is 8.74. The Balaban J connectivity index is 1.26. The molecular formula is C38H26N4O2S. The normalized spacial score (nSPS) is 12.3. The standard InChI is InChI=1S/C38H26N4O2S/c1-25-15-19-29(20-16-25)45(43,44)42-33-12-6-5-11-30(33)31-23-26(18-22-34(31)42)27-17-21-32-37(24-27)41-36-14-8-7-13-35(36)40(38(41)39-32)28-9-3-2-4-10-28/h2-24H,1H3. The minimum atomic E-state index is -3.83. The summed E-state index contributed by atoms with van der Waals surface area (Å²) in [5, 5.41) is 1.78. The highest BCUT2D eigenvalue weighted by Crippen LogP contribution is 2.37. The smallest absolute Gasteiger partial charge is 0.268 e. The van der Waals surface area contributed by atoms with Gasteiger partial charge in [-0.25, -0.2) is 17.4 Å². The van der Waals surface area contributed by atoms with Crippen molar-refractivity contribution in [2.24, 2.45) is 0 Å². The Morgan fingerprint density at radius 2 is 1.20 bits per heavy atom. The van der Waals surface area contributed by atoms with Crippen LogP contribution in [0.2, 0.25) is 0 Å². The van der Waals surface area contributed by atoms with Crippen LogP contribution in [0.15, 0.2) is 144 Å². The van der Waals surface area contributed by atoms with E-state index in [1.54, 1.807) is 12.1 Å². The number of imidazole rings is 2. The SMILES string of the molecule is Cc1ccc(S(=O)(=O)n2c3ccccc3c3cc(-c4ccc5nc6n(-c7ccccc7)c7ccccc7n6c5c4)ccc32)cc1. The maximum absolute atomic E-state index is 14.0. The molecule has 0 fully saturated rings. The number of hydrogen-bond acceptors (Lipinski definition) is 3. The van der Waals surface area contributed by atoms with Crippen LogP contribution in [0, 0.1) is 6.92 Å². The van der Waals surface area contributed by atoms with Crippen LogP contribution in [-0.2, 0) is 10.0 Å². The molecule has 0 aliphatic rings. The predicted molar refractivity (Wildman–Crippen MR) is 182 cm³/mol. The van der Waals surface area contributed by atoms with Crippen LogP contribution >= 0.6 is 0 Å². The molecule has 0 atom stereocenters. The molecule has 0 amide bonds. The molecule has 0 saturated heterocycles. The molecule has 6 nitrogen and oxygen atoms in total. The topological polar surface area (TPSA) is 61.3 Å². The van der Waals surface area contributed by atoms with Gasteiger partial charge in [0.25, 0.3) is 10.0 Å². The van der Waals surface area contributed by atoms with E-state index in [2.05, 4.69) is 69.6 Å². The van der Waals surface area contributed by atoms with E-state index in [0.717, 1.165) is 61.0 Å².